The van der Waals surface area contributed by atoms with Crippen LogP contribution >= 0.6 is 12.2 Å². The molecule has 7 heteroatoms. The van der Waals surface area contributed by atoms with Crippen molar-refractivity contribution in [3.8, 4) is 0 Å². The molecular formula is C14H20N2O3S2. The first-order valence-electron chi connectivity index (χ1n) is 6.76. The van der Waals surface area contributed by atoms with Crippen molar-refractivity contribution in [1.82, 2.24) is 4.31 Å². The van der Waals surface area contributed by atoms with Crippen LogP contribution in [0.5, 0.6) is 0 Å². The van der Waals surface area contributed by atoms with Crippen molar-refractivity contribution >= 4 is 27.2 Å². The molecule has 1 aromatic carbocycles. The summed E-state index contributed by atoms with van der Waals surface area (Å²) in [6, 6.07) is 4.86. The number of nitrogens with zero attached hydrogens (tertiary/aromatic N) is 1. The minimum atomic E-state index is -3.55. The monoisotopic (exact) mass is 328 g/mol. The zero-order chi connectivity index (χ0) is 15.8. The summed E-state index contributed by atoms with van der Waals surface area (Å²) in [6.45, 7) is 4.12. The molecule has 21 heavy (non-hydrogen) atoms. The number of sulfonamides is 1. The van der Waals surface area contributed by atoms with Crippen molar-refractivity contribution in [3.63, 3.8) is 0 Å². The number of rotatable bonds is 3. The van der Waals surface area contributed by atoms with Gasteiger partial charge in [0.05, 0.1) is 10.5 Å². The average molecular weight is 328 g/mol. The Hall–Kier alpha value is -1.02. The summed E-state index contributed by atoms with van der Waals surface area (Å²) >= 11 is 4.90. The summed E-state index contributed by atoms with van der Waals surface area (Å²) in [5, 5.41) is 9.93. The van der Waals surface area contributed by atoms with Crippen LogP contribution in [0.2, 0.25) is 0 Å². The molecule has 0 amide bonds. The van der Waals surface area contributed by atoms with E-state index >= 15 is 0 Å². The van der Waals surface area contributed by atoms with Gasteiger partial charge in [0.2, 0.25) is 10.0 Å². The van der Waals surface area contributed by atoms with E-state index in [-0.39, 0.29) is 9.88 Å². The van der Waals surface area contributed by atoms with Crippen molar-refractivity contribution in [2.45, 2.75) is 37.2 Å². The maximum atomic E-state index is 12.7. The summed E-state index contributed by atoms with van der Waals surface area (Å²) in [5.74, 6) is 0. The van der Waals surface area contributed by atoms with E-state index in [9.17, 15) is 13.5 Å². The first kappa shape index (κ1) is 16.4. The lowest BCUT2D eigenvalue weighted by Crippen LogP contribution is -2.45. The lowest BCUT2D eigenvalue weighted by atomic mass is 9.95. The van der Waals surface area contributed by atoms with Crippen LogP contribution in [0.3, 0.4) is 0 Å². The Kier molecular flexibility index (Phi) is 4.39. The third kappa shape index (κ3) is 3.42. The van der Waals surface area contributed by atoms with E-state index in [0.717, 1.165) is 0 Å². The fraction of sp³-hybridized carbons (Fsp3) is 0.500. The zero-order valence-electron chi connectivity index (χ0n) is 12.2. The van der Waals surface area contributed by atoms with Crippen LogP contribution in [0.25, 0.3) is 0 Å². The van der Waals surface area contributed by atoms with Gasteiger partial charge in [-0.1, -0.05) is 18.3 Å². The van der Waals surface area contributed by atoms with E-state index in [1.54, 1.807) is 32.0 Å². The van der Waals surface area contributed by atoms with Crippen LogP contribution in [0.1, 0.15) is 30.9 Å². The van der Waals surface area contributed by atoms with E-state index < -0.39 is 15.6 Å². The van der Waals surface area contributed by atoms with Gasteiger partial charge in [-0.15, -0.1) is 0 Å². The van der Waals surface area contributed by atoms with Crippen LogP contribution < -0.4 is 5.73 Å². The van der Waals surface area contributed by atoms with E-state index in [0.29, 0.717) is 37.1 Å². The van der Waals surface area contributed by atoms with Crippen molar-refractivity contribution < 1.29 is 13.5 Å². The van der Waals surface area contributed by atoms with Gasteiger partial charge in [0, 0.05) is 18.7 Å². The standard InChI is InChI=1S/C14H20N2O3S2/c1-10-9-11(13(15)20)3-4-12(10)21(18,19)16-7-5-14(2,17)6-8-16/h3-4,9,17H,5-8H2,1-2H3,(H2,15,20). The number of aliphatic hydroxyl groups is 1. The SMILES string of the molecule is Cc1cc(C(N)=S)ccc1S(=O)(=O)N1CCC(C)(O)CC1. The fourth-order valence-electron chi connectivity index (χ4n) is 2.44. The molecule has 3 N–H and O–H groups in total. The van der Waals surface area contributed by atoms with Crippen molar-refractivity contribution in [1.29, 1.82) is 0 Å². The maximum Gasteiger partial charge on any atom is 0.243 e. The Morgan fingerprint density at radius 1 is 1.38 bits per heavy atom. The van der Waals surface area contributed by atoms with Gasteiger partial charge in [0.15, 0.2) is 0 Å². The van der Waals surface area contributed by atoms with Crippen LogP contribution in [0.4, 0.5) is 0 Å². The Balaban J connectivity index is 2.30. The van der Waals surface area contributed by atoms with Crippen LogP contribution in [0.15, 0.2) is 23.1 Å². The normalized spacial score (nSPS) is 19.4. The predicted octanol–water partition coefficient (Wildman–Crippen LogP) is 1.16. The molecule has 1 heterocycles. The molecule has 0 atom stereocenters. The van der Waals surface area contributed by atoms with Crippen LogP contribution in [0, 0.1) is 6.92 Å². The predicted molar refractivity (Wildman–Crippen MR) is 85.7 cm³/mol. The number of hydrogen-bond donors (Lipinski definition) is 2. The minimum absolute atomic E-state index is 0.246. The van der Waals surface area contributed by atoms with Crippen molar-refractivity contribution in [3.05, 3.63) is 29.3 Å². The molecule has 0 spiro atoms. The average Bonchev–Trinajstić information content (AvgIpc) is 2.37. The molecule has 1 aliphatic rings. The van der Waals surface area contributed by atoms with Gasteiger partial charge in [-0.05, 0) is 44.4 Å². The highest BCUT2D eigenvalue weighted by Gasteiger charge is 2.34. The van der Waals surface area contributed by atoms with Crippen molar-refractivity contribution in [2.75, 3.05) is 13.1 Å². The largest absolute Gasteiger partial charge is 0.390 e. The van der Waals surface area contributed by atoms with E-state index in [1.807, 2.05) is 0 Å². The highest BCUT2D eigenvalue weighted by atomic mass is 32.2. The van der Waals surface area contributed by atoms with Gasteiger partial charge in [-0.2, -0.15) is 4.31 Å². The molecule has 2 rings (SSSR count). The van der Waals surface area contributed by atoms with Crippen LogP contribution in [-0.4, -0.2) is 41.5 Å². The maximum absolute atomic E-state index is 12.7. The number of hydrogen-bond acceptors (Lipinski definition) is 4. The van der Waals surface area contributed by atoms with E-state index in [2.05, 4.69) is 0 Å². The van der Waals surface area contributed by atoms with Gasteiger partial charge in [0.1, 0.15) is 4.99 Å². The molecule has 0 saturated carbocycles. The molecule has 0 aromatic heterocycles. The summed E-state index contributed by atoms with van der Waals surface area (Å²) in [5.41, 5.74) is 6.06. The third-order valence-electron chi connectivity index (χ3n) is 3.88. The summed E-state index contributed by atoms with van der Waals surface area (Å²) in [7, 11) is -3.55. The van der Waals surface area contributed by atoms with E-state index in [4.69, 9.17) is 18.0 Å². The number of nitrogens with two attached hydrogens (primary N) is 1. The summed E-state index contributed by atoms with van der Waals surface area (Å²) < 4.78 is 26.8. The smallest absolute Gasteiger partial charge is 0.243 e. The number of benzene rings is 1. The number of thiocarbonyl (C=S) groups is 1. The lowest BCUT2D eigenvalue weighted by molar-refractivity contribution is 0.0126. The number of piperidine rings is 1. The second-order valence-electron chi connectivity index (χ2n) is 5.75. The first-order valence-corrected chi connectivity index (χ1v) is 8.61. The molecule has 1 fully saturated rings. The first-order chi connectivity index (χ1) is 9.63. The Labute approximate surface area is 130 Å². The molecule has 5 nitrogen and oxygen atoms in total. The van der Waals surface area contributed by atoms with Gasteiger partial charge in [-0.25, -0.2) is 8.42 Å². The molecule has 1 aromatic rings. The molecule has 0 aliphatic carbocycles. The third-order valence-corrected chi connectivity index (χ3v) is 6.17. The molecule has 0 radical (unpaired) electrons. The highest BCUT2D eigenvalue weighted by molar-refractivity contribution is 7.89. The molecule has 116 valence electrons. The number of aryl methyl sites for hydroxylation is 1. The summed E-state index contributed by atoms with van der Waals surface area (Å²) in [4.78, 5) is 0.514. The van der Waals surface area contributed by atoms with Gasteiger partial charge in [-0.3, -0.25) is 0 Å². The molecule has 0 bridgehead atoms. The molecule has 1 aliphatic heterocycles. The second kappa shape index (κ2) is 5.64. The van der Waals surface area contributed by atoms with Crippen molar-refractivity contribution in [2.24, 2.45) is 5.73 Å². The minimum Gasteiger partial charge on any atom is -0.390 e. The highest BCUT2D eigenvalue weighted by Crippen LogP contribution is 2.27. The Morgan fingerprint density at radius 3 is 2.43 bits per heavy atom. The van der Waals surface area contributed by atoms with Crippen LogP contribution in [-0.2, 0) is 10.0 Å². The molecule has 0 unspecified atom stereocenters. The van der Waals surface area contributed by atoms with Gasteiger partial charge in [0.25, 0.3) is 0 Å². The Morgan fingerprint density at radius 2 is 1.95 bits per heavy atom. The van der Waals surface area contributed by atoms with Gasteiger partial charge >= 0.3 is 0 Å². The molecule has 1 saturated heterocycles. The quantitative estimate of drug-likeness (QED) is 0.814. The Bertz CT molecular complexity index is 659. The lowest BCUT2D eigenvalue weighted by Gasteiger charge is -2.35. The van der Waals surface area contributed by atoms with Gasteiger partial charge < -0.3 is 10.8 Å². The topological polar surface area (TPSA) is 83.6 Å². The van der Waals surface area contributed by atoms with E-state index in [1.165, 1.54) is 4.31 Å². The fourth-order valence-corrected chi connectivity index (χ4v) is 4.21. The second-order valence-corrected chi connectivity index (χ2v) is 8.09. The summed E-state index contributed by atoms with van der Waals surface area (Å²) in [6.07, 6.45) is 0.881. The zero-order valence-corrected chi connectivity index (χ0v) is 13.8. The molecular weight excluding hydrogens is 308 g/mol.